The van der Waals surface area contributed by atoms with Crippen molar-refractivity contribution in [2.24, 2.45) is 5.41 Å². The summed E-state index contributed by atoms with van der Waals surface area (Å²) >= 11 is 0. The summed E-state index contributed by atoms with van der Waals surface area (Å²) in [5.41, 5.74) is -0.871. The van der Waals surface area contributed by atoms with Crippen molar-refractivity contribution in [1.82, 2.24) is 0 Å². The summed E-state index contributed by atoms with van der Waals surface area (Å²) in [4.78, 5) is 11.0. The molecule has 0 aliphatic rings. The van der Waals surface area contributed by atoms with E-state index in [1.807, 2.05) is 0 Å². The molecule has 0 aliphatic heterocycles. The van der Waals surface area contributed by atoms with Gasteiger partial charge in [0.05, 0.1) is 19.1 Å². The van der Waals surface area contributed by atoms with Crippen LogP contribution in [0.15, 0.2) is 0 Å². The minimum atomic E-state index is -2.51. The number of carbonyl (C=O) groups is 1. The summed E-state index contributed by atoms with van der Waals surface area (Å²) in [5, 5.41) is 0. The van der Waals surface area contributed by atoms with E-state index in [-0.39, 0.29) is 6.61 Å². The Labute approximate surface area is 76.0 Å². The SMILES string of the molecule is COC(=O)C(C)(C)COCC(F)F. The van der Waals surface area contributed by atoms with Crippen molar-refractivity contribution < 1.29 is 23.0 Å². The van der Waals surface area contributed by atoms with Crippen LogP contribution in [0.1, 0.15) is 13.8 Å². The monoisotopic (exact) mass is 196 g/mol. The van der Waals surface area contributed by atoms with Gasteiger partial charge in [0.1, 0.15) is 6.61 Å². The van der Waals surface area contributed by atoms with Crippen LogP contribution in [0.4, 0.5) is 8.78 Å². The summed E-state index contributed by atoms with van der Waals surface area (Å²) in [6, 6.07) is 0. The van der Waals surface area contributed by atoms with Gasteiger partial charge in [0.15, 0.2) is 0 Å². The van der Waals surface area contributed by atoms with Crippen LogP contribution in [0.5, 0.6) is 0 Å². The zero-order valence-corrected chi connectivity index (χ0v) is 7.97. The Hall–Kier alpha value is -0.710. The van der Waals surface area contributed by atoms with Gasteiger partial charge < -0.3 is 9.47 Å². The predicted molar refractivity (Wildman–Crippen MR) is 42.6 cm³/mol. The van der Waals surface area contributed by atoms with Gasteiger partial charge in [0.25, 0.3) is 6.43 Å². The number of halogens is 2. The van der Waals surface area contributed by atoms with E-state index >= 15 is 0 Å². The maximum Gasteiger partial charge on any atom is 0.313 e. The molecule has 0 radical (unpaired) electrons. The van der Waals surface area contributed by atoms with E-state index in [4.69, 9.17) is 0 Å². The van der Waals surface area contributed by atoms with Gasteiger partial charge in [-0.15, -0.1) is 0 Å². The van der Waals surface area contributed by atoms with Crippen molar-refractivity contribution >= 4 is 5.97 Å². The summed E-state index contributed by atoms with van der Waals surface area (Å²) in [6.07, 6.45) is -2.51. The number of esters is 1. The summed E-state index contributed by atoms with van der Waals surface area (Å²) in [5.74, 6) is -0.471. The molecule has 78 valence electrons. The molecule has 0 aromatic heterocycles. The van der Waals surface area contributed by atoms with Crippen molar-refractivity contribution in [2.45, 2.75) is 20.3 Å². The largest absolute Gasteiger partial charge is 0.469 e. The quantitative estimate of drug-likeness (QED) is 0.624. The molecule has 13 heavy (non-hydrogen) atoms. The molecule has 0 N–H and O–H groups in total. The Balaban J connectivity index is 3.82. The number of methoxy groups -OCH3 is 1. The van der Waals surface area contributed by atoms with Gasteiger partial charge in [-0.25, -0.2) is 8.78 Å². The summed E-state index contributed by atoms with van der Waals surface area (Å²) in [7, 11) is 1.25. The second-order valence-electron chi connectivity index (χ2n) is 3.28. The van der Waals surface area contributed by atoms with E-state index in [9.17, 15) is 13.6 Å². The molecule has 5 heteroatoms. The van der Waals surface area contributed by atoms with Crippen molar-refractivity contribution in [3.8, 4) is 0 Å². The highest BCUT2D eigenvalue weighted by Crippen LogP contribution is 2.17. The lowest BCUT2D eigenvalue weighted by Gasteiger charge is -2.20. The molecule has 3 nitrogen and oxygen atoms in total. The third-order valence-corrected chi connectivity index (χ3v) is 1.44. The van der Waals surface area contributed by atoms with Crippen molar-refractivity contribution in [3.63, 3.8) is 0 Å². The predicted octanol–water partition coefficient (Wildman–Crippen LogP) is 1.47. The minimum Gasteiger partial charge on any atom is -0.469 e. The van der Waals surface area contributed by atoms with Gasteiger partial charge in [-0.2, -0.15) is 0 Å². The number of carbonyl (C=O) groups excluding carboxylic acids is 1. The third-order valence-electron chi connectivity index (χ3n) is 1.44. The van der Waals surface area contributed by atoms with E-state index in [0.717, 1.165) is 0 Å². The second-order valence-corrected chi connectivity index (χ2v) is 3.28. The lowest BCUT2D eigenvalue weighted by molar-refractivity contribution is -0.155. The highest BCUT2D eigenvalue weighted by Gasteiger charge is 2.29. The van der Waals surface area contributed by atoms with Gasteiger partial charge in [-0.05, 0) is 13.8 Å². The fourth-order valence-electron chi connectivity index (χ4n) is 0.738. The molecule has 0 bridgehead atoms. The molecule has 0 amide bonds. The van der Waals surface area contributed by atoms with E-state index < -0.39 is 24.4 Å². The van der Waals surface area contributed by atoms with Crippen LogP contribution in [-0.4, -0.2) is 32.7 Å². The van der Waals surface area contributed by atoms with Gasteiger partial charge >= 0.3 is 5.97 Å². The van der Waals surface area contributed by atoms with E-state index in [0.29, 0.717) is 0 Å². The molecule has 0 saturated heterocycles. The van der Waals surface area contributed by atoms with Crippen LogP contribution >= 0.6 is 0 Å². The molecule has 0 atom stereocenters. The molecule has 0 spiro atoms. The van der Waals surface area contributed by atoms with E-state index in [2.05, 4.69) is 9.47 Å². The first kappa shape index (κ1) is 12.3. The Kier molecular flexibility index (Phi) is 4.83. The van der Waals surface area contributed by atoms with Crippen molar-refractivity contribution in [3.05, 3.63) is 0 Å². The lowest BCUT2D eigenvalue weighted by Crippen LogP contribution is -2.31. The van der Waals surface area contributed by atoms with Gasteiger partial charge in [0.2, 0.25) is 0 Å². The average molecular weight is 196 g/mol. The highest BCUT2D eigenvalue weighted by molar-refractivity contribution is 5.75. The Morgan fingerprint density at radius 3 is 2.38 bits per heavy atom. The second kappa shape index (κ2) is 5.11. The third kappa shape index (κ3) is 4.77. The number of hydrogen-bond acceptors (Lipinski definition) is 3. The van der Waals surface area contributed by atoms with Crippen LogP contribution in [0.2, 0.25) is 0 Å². The van der Waals surface area contributed by atoms with Gasteiger partial charge in [-0.3, -0.25) is 4.79 Å². The molecule has 0 aromatic rings. The standard InChI is InChI=1S/C8H14F2O3/c1-8(2,7(11)12-3)5-13-4-6(9)10/h6H,4-5H2,1-3H3. The fraction of sp³-hybridized carbons (Fsp3) is 0.875. The topological polar surface area (TPSA) is 35.5 Å². The van der Waals surface area contributed by atoms with Crippen molar-refractivity contribution in [2.75, 3.05) is 20.3 Å². The summed E-state index contributed by atoms with van der Waals surface area (Å²) in [6.45, 7) is 2.43. The number of hydrogen-bond donors (Lipinski definition) is 0. The van der Waals surface area contributed by atoms with Crippen LogP contribution in [0, 0.1) is 5.41 Å². The molecule has 0 heterocycles. The maximum absolute atomic E-state index is 11.7. The zero-order chi connectivity index (χ0) is 10.5. The van der Waals surface area contributed by atoms with Crippen LogP contribution in [0.25, 0.3) is 0 Å². The zero-order valence-electron chi connectivity index (χ0n) is 7.97. The van der Waals surface area contributed by atoms with Crippen LogP contribution in [0.3, 0.4) is 0 Å². The normalized spacial score (nSPS) is 11.8. The Bertz CT molecular complexity index is 169. The van der Waals surface area contributed by atoms with Gasteiger partial charge in [0, 0.05) is 0 Å². The number of ether oxygens (including phenoxy) is 2. The highest BCUT2D eigenvalue weighted by atomic mass is 19.3. The Morgan fingerprint density at radius 2 is 2.00 bits per heavy atom. The molecule has 0 fully saturated rings. The molecule has 0 rings (SSSR count). The molecule has 0 aromatic carbocycles. The Morgan fingerprint density at radius 1 is 1.46 bits per heavy atom. The van der Waals surface area contributed by atoms with Gasteiger partial charge in [-0.1, -0.05) is 0 Å². The molecule has 0 aliphatic carbocycles. The van der Waals surface area contributed by atoms with E-state index in [1.54, 1.807) is 13.8 Å². The first-order valence-corrected chi connectivity index (χ1v) is 3.84. The summed E-state index contributed by atoms with van der Waals surface area (Å²) < 4.78 is 32.4. The lowest BCUT2D eigenvalue weighted by atomic mass is 9.95. The number of alkyl halides is 2. The molecular weight excluding hydrogens is 182 g/mol. The maximum atomic E-state index is 11.7. The number of rotatable bonds is 5. The fourth-order valence-corrected chi connectivity index (χ4v) is 0.738. The first-order chi connectivity index (χ1) is 5.90. The molecule has 0 saturated carbocycles. The first-order valence-electron chi connectivity index (χ1n) is 3.84. The molecular formula is C8H14F2O3. The smallest absolute Gasteiger partial charge is 0.313 e. The average Bonchev–Trinajstić information content (AvgIpc) is 2.01. The van der Waals surface area contributed by atoms with Crippen molar-refractivity contribution in [1.29, 1.82) is 0 Å². The van der Waals surface area contributed by atoms with Crippen LogP contribution < -0.4 is 0 Å². The van der Waals surface area contributed by atoms with Crippen LogP contribution in [-0.2, 0) is 14.3 Å². The minimum absolute atomic E-state index is 0.0655. The van der Waals surface area contributed by atoms with E-state index in [1.165, 1.54) is 7.11 Å². The molecule has 0 unspecified atom stereocenters.